The van der Waals surface area contributed by atoms with Crippen molar-refractivity contribution in [2.24, 2.45) is 11.8 Å². The van der Waals surface area contributed by atoms with E-state index < -0.39 is 5.97 Å². The normalized spacial score (nSPS) is 27.1. The Morgan fingerprint density at radius 3 is 2.59 bits per heavy atom. The van der Waals surface area contributed by atoms with Crippen molar-refractivity contribution in [2.75, 3.05) is 19.7 Å². The topological polar surface area (TPSA) is 60.8 Å². The summed E-state index contributed by atoms with van der Waals surface area (Å²) in [5.74, 6) is -0.511. The van der Waals surface area contributed by atoms with Gasteiger partial charge in [-0.1, -0.05) is 26.7 Å². The molecular weight excluding hydrogens is 218 g/mol. The number of carbonyl (C=O) groups is 1. The van der Waals surface area contributed by atoms with Gasteiger partial charge in [0.25, 0.3) is 0 Å². The zero-order valence-electron chi connectivity index (χ0n) is 10.9. The maximum atomic E-state index is 10.9. The number of hydrogen-bond donors (Lipinski definition) is 2. The lowest BCUT2D eigenvalue weighted by atomic mass is 9.84. The first kappa shape index (κ1) is 14.5. The molecule has 0 heterocycles. The van der Waals surface area contributed by atoms with Gasteiger partial charge in [-0.15, -0.1) is 0 Å². The summed E-state index contributed by atoms with van der Waals surface area (Å²) >= 11 is 0. The molecule has 0 aromatic carbocycles. The third-order valence-corrected chi connectivity index (χ3v) is 3.85. The van der Waals surface area contributed by atoms with E-state index in [0.29, 0.717) is 25.0 Å². The molecule has 1 fully saturated rings. The summed E-state index contributed by atoms with van der Waals surface area (Å²) in [5.41, 5.74) is 0. The predicted molar refractivity (Wildman–Crippen MR) is 66.9 cm³/mol. The summed E-state index contributed by atoms with van der Waals surface area (Å²) in [7, 11) is 0. The molecule has 4 heteroatoms. The molecule has 0 saturated heterocycles. The highest BCUT2D eigenvalue weighted by atomic mass is 16.4. The number of aliphatic carboxylic acids is 1. The van der Waals surface area contributed by atoms with E-state index in [0.717, 1.165) is 6.42 Å². The molecule has 2 N–H and O–H groups in total. The van der Waals surface area contributed by atoms with E-state index >= 15 is 0 Å². The van der Waals surface area contributed by atoms with Crippen molar-refractivity contribution in [3.63, 3.8) is 0 Å². The van der Waals surface area contributed by atoms with Crippen LogP contribution in [-0.4, -0.2) is 46.8 Å². The van der Waals surface area contributed by atoms with Crippen LogP contribution in [0.1, 0.15) is 39.5 Å². The van der Waals surface area contributed by atoms with Crippen molar-refractivity contribution in [2.45, 2.75) is 45.6 Å². The van der Waals surface area contributed by atoms with E-state index in [1.807, 2.05) is 0 Å². The van der Waals surface area contributed by atoms with Crippen molar-refractivity contribution in [3.05, 3.63) is 0 Å². The highest BCUT2D eigenvalue weighted by Crippen LogP contribution is 2.28. The first-order valence-electron chi connectivity index (χ1n) is 6.64. The van der Waals surface area contributed by atoms with Gasteiger partial charge < -0.3 is 10.2 Å². The van der Waals surface area contributed by atoms with E-state index in [-0.39, 0.29) is 12.5 Å². The van der Waals surface area contributed by atoms with Crippen LogP contribution in [-0.2, 0) is 4.79 Å². The highest BCUT2D eigenvalue weighted by molar-refractivity contribution is 5.69. The zero-order valence-corrected chi connectivity index (χ0v) is 10.9. The second-order valence-corrected chi connectivity index (χ2v) is 5.29. The molecule has 17 heavy (non-hydrogen) atoms. The predicted octanol–water partition coefficient (Wildman–Crippen LogP) is 1.58. The van der Waals surface area contributed by atoms with Crippen LogP contribution in [0.4, 0.5) is 0 Å². The molecule has 1 aliphatic rings. The lowest BCUT2D eigenvalue weighted by Crippen LogP contribution is -2.46. The van der Waals surface area contributed by atoms with Crippen LogP contribution < -0.4 is 0 Å². The van der Waals surface area contributed by atoms with E-state index in [4.69, 9.17) is 10.2 Å². The fraction of sp³-hybridized carbons (Fsp3) is 0.923. The molecule has 0 aromatic heterocycles. The van der Waals surface area contributed by atoms with Gasteiger partial charge in [0.15, 0.2) is 0 Å². The molecule has 4 nitrogen and oxygen atoms in total. The molecule has 0 spiro atoms. The summed E-state index contributed by atoms with van der Waals surface area (Å²) in [6.07, 6.45) is 4.85. The second kappa shape index (κ2) is 6.97. The quantitative estimate of drug-likeness (QED) is 0.743. The van der Waals surface area contributed by atoms with Crippen LogP contribution in [0.2, 0.25) is 0 Å². The Balaban J connectivity index is 2.59. The number of rotatable bonds is 6. The first-order valence-corrected chi connectivity index (χ1v) is 6.64. The standard InChI is InChI=1S/C13H25NO3/c1-10-5-3-4-6-12(10)14(7-8-15)9-11(2)13(16)17/h10-12,15H,3-9H2,1-2H3,(H,16,17). The molecule has 0 aliphatic heterocycles. The Hall–Kier alpha value is -0.610. The summed E-state index contributed by atoms with van der Waals surface area (Å²) < 4.78 is 0. The highest BCUT2D eigenvalue weighted by Gasteiger charge is 2.28. The van der Waals surface area contributed by atoms with Gasteiger partial charge in [0, 0.05) is 19.1 Å². The molecule has 0 radical (unpaired) electrons. The molecular formula is C13H25NO3. The smallest absolute Gasteiger partial charge is 0.307 e. The van der Waals surface area contributed by atoms with Crippen LogP contribution in [0, 0.1) is 11.8 Å². The molecule has 1 saturated carbocycles. The number of carboxylic acid groups (broad SMARTS) is 1. The van der Waals surface area contributed by atoms with Gasteiger partial charge in [0.1, 0.15) is 0 Å². The Morgan fingerprint density at radius 2 is 2.06 bits per heavy atom. The SMILES string of the molecule is CC(CN(CCO)C1CCCCC1C)C(=O)O. The van der Waals surface area contributed by atoms with Gasteiger partial charge in [-0.05, 0) is 18.8 Å². The molecule has 3 atom stereocenters. The molecule has 0 bridgehead atoms. The summed E-state index contributed by atoms with van der Waals surface area (Å²) in [4.78, 5) is 13.1. The van der Waals surface area contributed by atoms with Gasteiger partial charge in [-0.25, -0.2) is 0 Å². The Morgan fingerprint density at radius 1 is 1.41 bits per heavy atom. The fourth-order valence-electron chi connectivity index (χ4n) is 2.79. The zero-order chi connectivity index (χ0) is 12.8. The van der Waals surface area contributed by atoms with Crippen LogP contribution in [0.3, 0.4) is 0 Å². The van der Waals surface area contributed by atoms with E-state index in [1.54, 1.807) is 6.92 Å². The van der Waals surface area contributed by atoms with Crippen molar-refractivity contribution in [1.29, 1.82) is 0 Å². The summed E-state index contributed by atoms with van der Waals surface area (Å²) in [6.45, 7) is 5.22. The third-order valence-electron chi connectivity index (χ3n) is 3.85. The third kappa shape index (κ3) is 4.28. The number of nitrogens with zero attached hydrogens (tertiary/aromatic N) is 1. The number of hydrogen-bond acceptors (Lipinski definition) is 3. The minimum atomic E-state index is -0.753. The van der Waals surface area contributed by atoms with Crippen LogP contribution >= 0.6 is 0 Å². The van der Waals surface area contributed by atoms with Gasteiger partial charge in [-0.3, -0.25) is 9.69 Å². The van der Waals surface area contributed by atoms with Crippen molar-refractivity contribution < 1.29 is 15.0 Å². The Bertz CT molecular complexity index is 245. The average Bonchev–Trinajstić information content (AvgIpc) is 2.29. The van der Waals surface area contributed by atoms with E-state index in [9.17, 15) is 4.79 Å². The van der Waals surface area contributed by atoms with Gasteiger partial charge in [-0.2, -0.15) is 0 Å². The molecule has 1 aliphatic carbocycles. The van der Waals surface area contributed by atoms with Crippen LogP contribution in [0.15, 0.2) is 0 Å². The number of carboxylic acids is 1. The molecule has 3 unspecified atom stereocenters. The molecule has 100 valence electrons. The van der Waals surface area contributed by atoms with E-state index in [2.05, 4.69) is 11.8 Å². The van der Waals surface area contributed by atoms with Crippen molar-refractivity contribution in [3.8, 4) is 0 Å². The maximum Gasteiger partial charge on any atom is 0.307 e. The minimum Gasteiger partial charge on any atom is -0.481 e. The summed E-state index contributed by atoms with van der Waals surface area (Å²) in [6, 6.07) is 0.442. The monoisotopic (exact) mass is 243 g/mol. The van der Waals surface area contributed by atoms with E-state index in [1.165, 1.54) is 19.3 Å². The van der Waals surface area contributed by atoms with Crippen LogP contribution in [0.25, 0.3) is 0 Å². The second-order valence-electron chi connectivity index (χ2n) is 5.29. The molecule has 1 rings (SSSR count). The fourth-order valence-corrected chi connectivity index (χ4v) is 2.79. The number of aliphatic hydroxyl groups is 1. The maximum absolute atomic E-state index is 10.9. The lowest BCUT2D eigenvalue weighted by molar-refractivity contribution is -0.142. The van der Waals surface area contributed by atoms with Crippen molar-refractivity contribution in [1.82, 2.24) is 4.90 Å². The Kier molecular flexibility index (Phi) is 5.92. The van der Waals surface area contributed by atoms with Gasteiger partial charge in [0.05, 0.1) is 12.5 Å². The number of aliphatic hydroxyl groups excluding tert-OH is 1. The molecule has 0 amide bonds. The average molecular weight is 243 g/mol. The van der Waals surface area contributed by atoms with Gasteiger partial charge in [0.2, 0.25) is 0 Å². The van der Waals surface area contributed by atoms with Gasteiger partial charge >= 0.3 is 5.97 Å². The largest absolute Gasteiger partial charge is 0.481 e. The summed E-state index contributed by atoms with van der Waals surface area (Å²) in [5, 5.41) is 18.1. The lowest BCUT2D eigenvalue weighted by Gasteiger charge is -2.39. The molecule has 0 aromatic rings. The van der Waals surface area contributed by atoms with Crippen LogP contribution in [0.5, 0.6) is 0 Å². The van der Waals surface area contributed by atoms with Crippen molar-refractivity contribution >= 4 is 5.97 Å². The minimum absolute atomic E-state index is 0.107. The Labute approximate surface area is 104 Å². The first-order chi connectivity index (χ1) is 8.06.